The van der Waals surface area contributed by atoms with Crippen molar-refractivity contribution in [2.24, 2.45) is 0 Å². The van der Waals surface area contributed by atoms with Gasteiger partial charge >= 0.3 is 0 Å². The summed E-state index contributed by atoms with van der Waals surface area (Å²) in [4.78, 5) is 26.6. The zero-order chi connectivity index (χ0) is 15.7. The van der Waals surface area contributed by atoms with Crippen LogP contribution in [0.1, 0.15) is 10.4 Å². The van der Waals surface area contributed by atoms with Gasteiger partial charge in [0.1, 0.15) is 0 Å². The molecule has 0 radical (unpaired) electrons. The Bertz CT molecular complexity index is 894. The fourth-order valence-corrected chi connectivity index (χ4v) is 2.85. The number of halogens is 1. The minimum Gasteiger partial charge on any atom is -0.322 e. The molecule has 1 aromatic heterocycles. The Hall–Kier alpha value is -2.51. The number of carbonyl (C=O) groups is 1. The number of nitrogens with one attached hydrogen (secondary N) is 1. The van der Waals surface area contributed by atoms with Gasteiger partial charge in [0, 0.05) is 17.8 Å². The van der Waals surface area contributed by atoms with Crippen LogP contribution in [0.3, 0.4) is 0 Å². The second-order valence-corrected chi connectivity index (χ2v) is 5.70. The van der Waals surface area contributed by atoms with E-state index in [0.717, 1.165) is 16.3 Å². The lowest BCUT2D eigenvalue weighted by Gasteiger charge is -2.06. The van der Waals surface area contributed by atoms with Crippen LogP contribution in [0.15, 0.2) is 41.9 Å². The molecule has 0 fully saturated rings. The second-order valence-electron chi connectivity index (χ2n) is 4.41. The molecule has 0 spiro atoms. The van der Waals surface area contributed by atoms with Crippen LogP contribution in [0.25, 0.3) is 10.2 Å². The van der Waals surface area contributed by atoms with Gasteiger partial charge < -0.3 is 5.32 Å². The summed E-state index contributed by atoms with van der Waals surface area (Å²) in [6, 6.07) is 9.03. The molecule has 110 valence electrons. The molecule has 2 aromatic carbocycles. The van der Waals surface area contributed by atoms with E-state index >= 15 is 0 Å². The van der Waals surface area contributed by atoms with Gasteiger partial charge in [-0.1, -0.05) is 11.6 Å². The molecule has 0 atom stereocenters. The fourth-order valence-electron chi connectivity index (χ4n) is 1.93. The summed E-state index contributed by atoms with van der Waals surface area (Å²) in [5, 5.41) is 13.6. The maximum absolute atomic E-state index is 12.3. The Kier molecular flexibility index (Phi) is 3.74. The molecule has 0 saturated heterocycles. The molecule has 22 heavy (non-hydrogen) atoms. The molecule has 6 nitrogen and oxygen atoms in total. The minimum absolute atomic E-state index is 0.0558. The van der Waals surface area contributed by atoms with Crippen molar-refractivity contribution < 1.29 is 9.72 Å². The molecule has 1 heterocycles. The van der Waals surface area contributed by atoms with Crippen molar-refractivity contribution in [1.82, 2.24) is 4.98 Å². The highest BCUT2D eigenvalue weighted by molar-refractivity contribution is 7.16. The van der Waals surface area contributed by atoms with Crippen molar-refractivity contribution in [1.29, 1.82) is 0 Å². The van der Waals surface area contributed by atoms with Crippen molar-refractivity contribution in [2.75, 3.05) is 5.32 Å². The maximum Gasteiger partial charge on any atom is 0.270 e. The normalized spacial score (nSPS) is 10.6. The molecule has 8 heteroatoms. The number of amides is 1. The van der Waals surface area contributed by atoms with Gasteiger partial charge in [0.2, 0.25) is 0 Å². The van der Waals surface area contributed by atoms with Gasteiger partial charge in [0.05, 0.1) is 31.2 Å². The van der Waals surface area contributed by atoms with Crippen LogP contribution in [0, 0.1) is 10.1 Å². The van der Waals surface area contributed by atoms with Crippen molar-refractivity contribution in [3.63, 3.8) is 0 Å². The number of fused-ring (bicyclic) bond motifs is 1. The molecular formula is C14H8ClN3O3S. The van der Waals surface area contributed by atoms with Gasteiger partial charge in [-0.25, -0.2) is 4.98 Å². The molecular weight excluding hydrogens is 326 g/mol. The number of benzene rings is 2. The minimum atomic E-state index is -0.573. The van der Waals surface area contributed by atoms with E-state index in [2.05, 4.69) is 10.3 Å². The Morgan fingerprint density at radius 3 is 2.86 bits per heavy atom. The lowest BCUT2D eigenvalue weighted by Crippen LogP contribution is -2.12. The summed E-state index contributed by atoms with van der Waals surface area (Å²) in [5.41, 5.74) is 3.00. The van der Waals surface area contributed by atoms with E-state index in [1.54, 1.807) is 23.7 Å². The summed E-state index contributed by atoms with van der Waals surface area (Å²) in [7, 11) is 0. The van der Waals surface area contributed by atoms with E-state index < -0.39 is 10.8 Å². The number of hydrogen-bond donors (Lipinski definition) is 1. The number of rotatable bonds is 3. The van der Waals surface area contributed by atoms with Gasteiger partial charge in [0.25, 0.3) is 11.6 Å². The molecule has 3 rings (SSSR count). The van der Waals surface area contributed by atoms with Crippen molar-refractivity contribution in [2.45, 2.75) is 0 Å². The number of aromatic nitrogens is 1. The highest BCUT2D eigenvalue weighted by Gasteiger charge is 2.16. The lowest BCUT2D eigenvalue weighted by atomic mass is 10.2. The molecule has 1 amide bonds. The second kappa shape index (κ2) is 5.70. The first-order chi connectivity index (χ1) is 10.5. The van der Waals surface area contributed by atoms with Gasteiger partial charge in [-0.2, -0.15) is 0 Å². The first kappa shape index (κ1) is 14.4. The van der Waals surface area contributed by atoms with Crippen LogP contribution in [0.4, 0.5) is 11.4 Å². The van der Waals surface area contributed by atoms with E-state index in [9.17, 15) is 14.9 Å². The smallest absolute Gasteiger partial charge is 0.270 e. The third-order valence-corrected chi connectivity index (χ3v) is 4.12. The number of nitrogens with zero attached hydrogens (tertiary/aromatic N) is 2. The fraction of sp³-hybridized carbons (Fsp3) is 0. The SMILES string of the molecule is O=C(Nc1ccc2ncsc2c1)c1cc([N+](=O)[O-])ccc1Cl. The number of hydrogen-bond acceptors (Lipinski definition) is 5. The largest absolute Gasteiger partial charge is 0.322 e. The molecule has 3 aromatic rings. The third kappa shape index (κ3) is 2.76. The quantitative estimate of drug-likeness (QED) is 0.577. The highest BCUT2D eigenvalue weighted by atomic mass is 35.5. The molecule has 0 aliphatic rings. The van der Waals surface area contributed by atoms with Crippen LogP contribution in [0.5, 0.6) is 0 Å². The molecule has 0 unspecified atom stereocenters. The third-order valence-electron chi connectivity index (χ3n) is 2.99. The Labute approximate surface area is 133 Å². The number of non-ortho nitro benzene ring substituents is 1. The first-order valence-electron chi connectivity index (χ1n) is 6.13. The van der Waals surface area contributed by atoms with Crippen LogP contribution in [-0.4, -0.2) is 15.8 Å². The van der Waals surface area contributed by atoms with Crippen LogP contribution in [-0.2, 0) is 0 Å². The predicted molar refractivity (Wildman–Crippen MR) is 85.7 cm³/mol. The number of nitro groups is 1. The zero-order valence-corrected chi connectivity index (χ0v) is 12.5. The summed E-state index contributed by atoms with van der Waals surface area (Å²) in [6.07, 6.45) is 0. The van der Waals surface area contributed by atoms with Crippen LogP contribution >= 0.6 is 22.9 Å². The van der Waals surface area contributed by atoms with Gasteiger partial charge in [0.15, 0.2) is 0 Å². The van der Waals surface area contributed by atoms with E-state index in [1.807, 2.05) is 0 Å². The molecule has 0 saturated carbocycles. The van der Waals surface area contributed by atoms with E-state index in [4.69, 9.17) is 11.6 Å². The van der Waals surface area contributed by atoms with Crippen molar-refractivity contribution in [3.8, 4) is 0 Å². The zero-order valence-electron chi connectivity index (χ0n) is 10.9. The summed E-state index contributed by atoms with van der Waals surface area (Å²) >= 11 is 7.40. The molecule has 1 N–H and O–H groups in total. The van der Waals surface area contributed by atoms with E-state index in [0.29, 0.717) is 5.69 Å². The first-order valence-corrected chi connectivity index (χ1v) is 7.39. The topological polar surface area (TPSA) is 85.1 Å². The average Bonchev–Trinajstić information content (AvgIpc) is 2.94. The number of nitro benzene ring substituents is 1. The van der Waals surface area contributed by atoms with Gasteiger partial charge in [-0.3, -0.25) is 14.9 Å². The lowest BCUT2D eigenvalue weighted by molar-refractivity contribution is -0.384. The van der Waals surface area contributed by atoms with Gasteiger partial charge in [-0.05, 0) is 24.3 Å². The molecule has 0 bridgehead atoms. The van der Waals surface area contributed by atoms with Crippen molar-refractivity contribution >= 4 is 50.4 Å². The average molecular weight is 334 g/mol. The number of anilines is 1. The Morgan fingerprint density at radius 1 is 1.27 bits per heavy atom. The van der Waals surface area contributed by atoms with Gasteiger partial charge in [-0.15, -0.1) is 11.3 Å². The van der Waals surface area contributed by atoms with Crippen LogP contribution < -0.4 is 5.32 Å². The summed E-state index contributed by atoms with van der Waals surface area (Å²) in [5.74, 6) is -0.502. The Morgan fingerprint density at radius 2 is 2.09 bits per heavy atom. The highest BCUT2D eigenvalue weighted by Crippen LogP contribution is 2.25. The van der Waals surface area contributed by atoms with Crippen molar-refractivity contribution in [3.05, 3.63) is 62.6 Å². The number of thiazole rings is 1. The molecule has 0 aliphatic carbocycles. The Balaban J connectivity index is 1.90. The molecule has 0 aliphatic heterocycles. The predicted octanol–water partition coefficient (Wildman–Crippen LogP) is 4.11. The van der Waals surface area contributed by atoms with E-state index in [-0.39, 0.29) is 16.3 Å². The monoisotopic (exact) mass is 333 g/mol. The summed E-state index contributed by atoms with van der Waals surface area (Å²) < 4.78 is 0.933. The summed E-state index contributed by atoms with van der Waals surface area (Å²) in [6.45, 7) is 0. The standard InChI is InChI=1S/C14H8ClN3O3S/c15-11-3-2-9(18(20)21)6-10(11)14(19)17-8-1-4-12-13(5-8)22-7-16-12/h1-7H,(H,17,19). The maximum atomic E-state index is 12.3. The van der Waals surface area contributed by atoms with Crippen LogP contribution in [0.2, 0.25) is 5.02 Å². The number of carbonyl (C=O) groups excluding carboxylic acids is 1. The van der Waals surface area contributed by atoms with E-state index in [1.165, 1.54) is 23.5 Å².